The molecule has 0 saturated carbocycles. The molecule has 1 saturated heterocycles. The number of halogens is 1. The maximum Gasteiger partial charge on any atom is 0.329 e. The molecule has 1 aliphatic heterocycles. The molecule has 0 radical (unpaired) electrons. The Kier molecular flexibility index (Phi) is 5.18. The second-order valence-corrected chi connectivity index (χ2v) is 6.67. The van der Waals surface area contributed by atoms with Crippen molar-refractivity contribution in [3.8, 4) is 0 Å². The van der Waals surface area contributed by atoms with Gasteiger partial charge in [0, 0.05) is 10.2 Å². The Morgan fingerprint density at radius 2 is 1.85 bits per heavy atom. The number of hydrogen-bond donors (Lipinski definition) is 2. The van der Waals surface area contributed by atoms with Crippen LogP contribution in [0.3, 0.4) is 0 Å². The van der Waals surface area contributed by atoms with E-state index in [1.807, 2.05) is 43.3 Å². The fourth-order valence-electron chi connectivity index (χ4n) is 2.44. The number of benzene rings is 2. The minimum atomic E-state index is -0.618. The van der Waals surface area contributed by atoms with Crippen LogP contribution in [0.5, 0.6) is 0 Å². The maximum absolute atomic E-state index is 12.4. The lowest BCUT2D eigenvalue weighted by atomic mass is 10.2. The lowest BCUT2D eigenvalue weighted by Gasteiger charge is -2.12. The van der Waals surface area contributed by atoms with Crippen molar-refractivity contribution in [1.29, 1.82) is 0 Å². The molecule has 0 aliphatic carbocycles. The predicted molar refractivity (Wildman–Crippen MR) is 102 cm³/mol. The lowest BCUT2D eigenvalue weighted by molar-refractivity contribution is -0.127. The molecule has 7 heteroatoms. The van der Waals surface area contributed by atoms with Crippen molar-refractivity contribution >= 4 is 45.5 Å². The van der Waals surface area contributed by atoms with E-state index in [1.165, 1.54) is 0 Å². The van der Waals surface area contributed by atoms with E-state index >= 15 is 0 Å². The minimum Gasteiger partial charge on any atom is -0.325 e. The second-order valence-electron chi connectivity index (χ2n) is 5.82. The first-order valence-corrected chi connectivity index (χ1v) is 8.69. The Bertz CT molecular complexity index is 907. The van der Waals surface area contributed by atoms with Crippen molar-refractivity contribution in [2.75, 3.05) is 11.9 Å². The van der Waals surface area contributed by atoms with E-state index in [4.69, 9.17) is 0 Å². The number of aryl methyl sites for hydroxylation is 1. The summed E-state index contributed by atoms with van der Waals surface area (Å²) in [6.45, 7) is 1.59. The zero-order valence-corrected chi connectivity index (χ0v) is 15.5. The van der Waals surface area contributed by atoms with Gasteiger partial charge in [0.15, 0.2) is 0 Å². The van der Waals surface area contributed by atoms with Crippen LogP contribution in [0, 0.1) is 6.92 Å². The van der Waals surface area contributed by atoms with Crippen molar-refractivity contribution in [3.63, 3.8) is 0 Å². The molecule has 2 N–H and O–H groups in total. The molecule has 3 rings (SSSR count). The smallest absolute Gasteiger partial charge is 0.325 e. The number of carbonyl (C=O) groups excluding carboxylic acids is 3. The van der Waals surface area contributed by atoms with Crippen LogP contribution >= 0.6 is 15.9 Å². The van der Waals surface area contributed by atoms with Gasteiger partial charge in [-0.1, -0.05) is 51.8 Å². The molecule has 26 heavy (non-hydrogen) atoms. The highest BCUT2D eigenvalue weighted by molar-refractivity contribution is 9.10. The van der Waals surface area contributed by atoms with Crippen LogP contribution in [0.25, 0.3) is 6.08 Å². The van der Waals surface area contributed by atoms with Gasteiger partial charge in [-0.3, -0.25) is 9.59 Å². The molecule has 2 aromatic rings. The van der Waals surface area contributed by atoms with Crippen molar-refractivity contribution in [2.24, 2.45) is 0 Å². The zero-order chi connectivity index (χ0) is 18.7. The van der Waals surface area contributed by atoms with E-state index in [1.54, 1.807) is 18.2 Å². The van der Waals surface area contributed by atoms with E-state index in [-0.39, 0.29) is 12.2 Å². The molecule has 1 heterocycles. The maximum atomic E-state index is 12.4. The monoisotopic (exact) mass is 413 g/mol. The number of urea groups is 1. The van der Waals surface area contributed by atoms with Gasteiger partial charge in [0.05, 0.1) is 0 Å². The zero-order valence-electron chi connectivity index (χ0n) is 14.0. The van der Waals surface area contributed by atoms with Gasteiger partial charge in [-0.25, -0.2) is 9.69 Å². The second kappa shape index (κ2) is 7.53. The average Bonchev–Trinajstić information content (AvgIpc) is 2.86. The summed E-state index contributed by atoms with van der Waals surface area (Å²) in [4.78, 5) is 37.5. The minimum absolute atomic E-state index is 0.130. The summed E-state index contributed by atoms with van der Waals surface area (Å²) in [5.41, 5.74) is 2.56. The summed E-state index contributed by atoms with van der Waals surface area (Å²) in [6, 6.07) is 13.9. The predicted octanol–water partition coefficient (Wildman–Crippen LogP) is 3.29. The molecule has 0 spiro atoms. The van der Waals surface area contributed by atoms with E-state index < -0.39 is 17.8 Å². The Balaban J connectivity index is 1.70. The van der Waals surface area contributed by atoms with Crippen molar-refractivity contribution in [1.82, 2.24) is 10.2 Å². The van der Waals surface area contributed by atoms with Crippen LogP contribution in [0.1, 0.15) is 11.1 Å². The number of hydrogen-bond acceptors (Lipinski definition) is 3. The Hall–Kier alpha value is -2.93. The van der Waals surface area contributed by atoms with Gasteiger partial charge in [-0.05, 0) is 36.8 Å². The topological polar surface area (TPSA) is 78.5 Å². The van der Waals surface area contributed by atoms with Gasteiger partial charge in [-0.15, -0.1) is 0 Å². The molecular formula is C19H16BrN3O3. The van der Waals surface area contributed by atoms with E-state index in [0.29, 0.717) is 5.69 Å². The van der Waals surface area contributed by atoms with Gasteiger partial charge in [0.25, 0.3) is 5.91 Å². The number of anilines is 1. The van der Waals surface area contributed by atoms with Crippen LogP contribution in [0.15, 0.2) is 58.7 Å². The third-order valence-electron chi connectivity index (χ3n) is 3.80. The first-order chi connectivity index (χ1) is 12.4. The molecule has 1 fully saturated rings. The third-order valence-corrected chi connectivity index (χ3v) is 4.53. The van der Waals surface area contributed by atoms with Crippen LogP contribution in [0.2, 0.25) is 0 Å². The number of amides is 4. The molecule has 1 aliphatic rings. The van der Waals surface area contributed by atoms with E-state index in [0.717, 1.165) is 20.5 Å². The Morgan fingerprint density at radius 3 is 2.54 bits per heavy atom. The number of carbonyl (C=O) groups is 3. The number of nitrogens with one attached hydrogen (secondary N) is 2. The van der Waals surface area contributed by atoms with Crippen LogP contribution < -0.4 is 10.6 Å². The molecule has 0 unspecified atom stereocenters. The molecule has 6 nitrogen and oxygen atoms in total. The number of rotatable bonds is 4. The highest BCUT2D eigenvalue weighted by Gasteiger charge is 2.34. The van der Waals surface area contributed by atoms with Crippen molar-refractivity contribution in [3.05, 3.63) is 69.8 Å². The van der Waals surface area contributed by atoms with Crippen LogP contribution in [-0.4, -0.2) is 29.3 Å². The van der Waals surface area contributed by atoms with Gasteiger partial charge < -0.3 is 10.6 Å². The fourth-order valence-corrected chi connectivity index (χ4v) is 2.84. The third kappa shape index (κ3) is 4.00. The number of nitrogens with zero attached hydrogens (tertiary/aromatic N) is 1. The SMILES string of the molecule is Cc1ccc(NC(=O)CN2C(=O)N/C(=C\c3ccccc3Br)C2=O)cc1. The van der Waals surface area contributed by atoms with Crippen molar-refractivity contribution < 1.29 is 14.4 Å². The summed E-state index contributed by atoms with van der Waals surface area (Å²) in [5, 5.41) is 5.17. The summed E-state index contributed by atoms with van der Waals surface area (Å²) in [5.74, 6) is -0.982. The van der Waals surface area contributed by atoms with Gasteiger partial charge in [0.1, 0.15) is 12.2 Å². The molecule has 0 bridgehead atoms. The first kappa shape index (κ1) is 17.9. The van der Waals surface area contributed by atoms with Crippen LogP contribution in [-0.2, 0) is 9.59 Å². The molecular weight excluding hydrogens is 398 g/mol. The Morgan fingerprint density at radius 1 is 1.15 bits per heavy atom. The standard InChI is InChI=1S/C19H16BrN3O3/c1-12-6-8-14(9-7-12)21-17(24)11-23-18(25)16(22-19(23)26)10-13-4-2-3-5-15(13)20/h2-10H,11H2,1H3,(H,21,24)(H,22,26)/b16-10-. The largest absolute Gasteiger partial charge is 0.329 e. The fraction of sp³-hybridized carbons (Fsp3) is 0.105. The van der Waals surface area contributed by atoms with E-state index in [9.17, 15) is 14.4 Å². The Labute approximate surface area is 159 Å². The normalized spacial score (nSPS) is 15.3. The number of imide groups is 1. The molecule has 2 aromatic carbocycles. The molecule has 4 amide bonds. The van der Waals surface area contributed by atoms with Crippen LogP contribution in [0.4, 0.5) is 10.5 Å². The van der Waals surface area contributed by atoms with Gasteiger partial charge in [0.2, 0.25) is 5.91 Å². The highest BCUT2D eigenvalue weighted by atomic mass is 79.9. The summed E-state index contributed by atoms with van der Waals surface area (Å²) in [6.07, 6.45) is 1.57. The van der Waals surface area contributed by atoms with Gasteiger partial charge in [-0.2, -0.15) is 0 Å². The summed E-state index contributed by atoms with van der Waals surface area (Å²) in [7, 11) is 0. The van der Waals surface area contributed by atoms with Gasteiger partial charge >= 0.3 is 6.03 Å². The van der Waals surface area contributed by atoms with Crippen molar-refractivity contribution in [2.45, 2.75) is 6.92 Å². The van der Waals surface area contributed by atoms with E-state index in [2.05, 4.69) is 26.6 Å². The average molecular weight is 414 g/mol. The highest BCUT2D eigenvalue weighted by Crippen LogP contribution is 2.21. The quantitative estimate of drug-likeness (QED) is 0.596. The lowest BCUT2D eigenvalue weighted by Crippen LogP contribution is -2.38. The molecule has 0 atom stereocenters. The molecule has 0 aromatic heterocycles. The molecule has 132 valence electrons. The summed E-state index contributed by atoms with van der Waals surface area (Å²) >= 11 is 3.39. The first-order valence-electron chi connectivity index (χ1n) is 7.89. The summed E-state index contributed by atoms with van der Waals surface area (Å²) < 4.78 is 0.796.